The van der Waals surface area contributed by atoms with Gasteiger partial charge in [-0.15, -0.1) is 11.3 Å². The SMILES string of the molecule is C[C@@H](NCc1ccsc1C(=O)O)c1cccc(Br)c1. The van der Waals surface area contributed by atoms with Crippen molar-refractivity contribution >= 4 is 33.2 Å². The third-order valence-electron chi connectivity index (χ3n) is 2.89. The lowest BCUT2D eigenvalue weighted by Gasteiger charge is -2.14. The molecule has 3 nitrogen and oxygen atoms in total. The lowest BCUT2D eigenvalue weighted by atomic mass is 10.1. The molecule has 2 N–H and O–H groups in total. The van der Waals surface area contributed by atoms with E-state index >= 15 is 0 Å². The Hall–Kier alpha value is -1.17. The van der Waals surface area contributed by atoms with Gasteiger partial charge in [-0.2, -0.15) is 0 Å². The van der Waals surface area contributed by atoms with E-state index in [-0.39, 0.29) is 6.04 Å². The molecule has 0 fully saturated rings. The predicted octanol–water partition coefficient (Wildman–Crippen LogP) is 4.06. The summed E-state index contributed by atoms with van der Waals surface area (Å²) >= 11 is 4.71. The Morgan fingerprint density at radius 3 is 2.95 bits per heavy atom. The number of hydrogen-bond acceptors (Lipinski definition) is 3. The van der Waals surface area contributed by atoms with Crippen LogP contribution in [0.15, 0.2) is 40.2 Å². The van der Waals surface area contributed by atoms with Gasteiger partial charge in [-0.1, -0.05) is 28.1 Å². The summed E-state index contributed by atoms with van der Waals surface area (Å²) in [5.74, 6) is -0.859. The van der Waals surface area contributed by atoms with Gasteiger partial charge in [-0.25, -0.2) is 4.79 Å². The number of nitrogens with one attached hydrogen (secondary N) is 1. The summed E-state index contributed by atoms with van der Waals surface area (Å²) in [5.41, 5.74) is 2.00. The summed E-state index contributed by atoms with van der Waals surface area (Å²) in [6.07, 6.45) is 0. The molecule has 100 valence electrons. The van der Waals surface area contributed by atoms with Crippen LogP contribution in [-0.2, 0) is 6.54 Å². The summed E-state index contributed by atoms with van der Waals surface area (Å²) in [6.45, 7) is 2.62. The highest BCUT2D eigenvalue weighted by Gasteiger charge is 2.12. The molecule has 2 aromatic rings. The van der Waals surface area contributed by atoms with E-state index in [1.807, 2.05) is 29.6 Å². The molecule has 0 aliphatic heterocycles. The fourth-order valence-corrected chi connectivity index (χ4v) is 3.00. The van der Waals surface area contributed by atoms with Crippen LogP contribution in [0.1, 0.15) is 33.8 Å². The Labute approximate surface area is 124 Å². The minimum Gasteiger partial charge on any atom is -0.477 e. The molecule has 0 saturated heterocycles. The van der Waals surface area contributed by atoms with Gasteiger partial charge in [0.1, 0.15) is 4.88 Å². The third kappa shape index (κ3) is 3.65. The Morgan fingerprint density at radius 1 is 1.47 bits per heavy atom. The topological polar surface area (TPSA) is 49.3 Å². The van der Waals surface area contributed by atoms with Gasteiger partial charge >= 0.3 is 5.97 Å². The molecule has 1 aromatic heterocycles. The highest BCUT2D eigenvalue weighted by molar-refractivity contribution is 9.10. The second kappa shape index (κ2) is 6.32. The zero-order chi connectivity index (χ0) is 13.8. The van der Waals surface area contributed by atoms with Crippen molar-refractivity contribution in [3.8, 4) is 0 Å². The van der Waals surface area contributed by atoms with Crippen LogP contribution in [-0.4, -0.2) is 11.1 Å². The van der Waals surface area contributed by atoms with Crippen LogP contribution >= 0.6 is 27.3 Å². The second-order valence-corrected chi connectivity index (χ2v) is 6.07. The van der Waals surface area contributed by atoms with Crippen molar-refractivity contribution in [1.82, 2.24) is 5.32 Å². The van der Waals surface area contributed by atoms with E-state index in [4.69, 9.17) is 5.11 Å². The van der Waals surface area contributed by atoms with Gasteiger partial charge in [0, 0.05) is 17.1 Å². The molecule has 5 heteroatoms. The molecule has 0 unspecified atom stereocenters. The van der Waals surface area contributed by atoms with E-state index in [0.717, 1.165) is 10.0 Å². The van der Waals surface area contributed by atoms with Gasteiger partial charge in [-0.05, 0) is 41.6 Å². The highest BCUT2D eigenvalue weighted by atomic mass is 79.9. The van der Waals surface area contributed by atoms with Gasteiger partial charge < -0.3 is 10.4 Å². The quantitative estimate of drug-likeness (QED) is 0.863. The van der Waals surface area contributed by atoms with Gasteiger partial charge in [0.05, 0.1) is 0 Å². The van der Waals surface area contributed by atoms with E-state index in [9.17, 15) is 4.79 Å². The maximum absolute atomic E-state index is 11.0. The molecule has 0 amide bonds. The highest BCUT2D eigenvalue weighted by Crippen LogP contribution is 2.20. The molecule has 19 heavy (non-hydrogen) atoms. The predicted molar refractivity (Wildman–Crippen MR) is 80.7 cm³/mol. The first-order chi connectivity index (χ1) is 9.08. The van der Waals surface area contributed by atoms with E-state index in [2.05, 4.69) is 34.2 Å². The Kier molecular flexibility index (Phi) is 4.74. The van der Waals surface area contributed by atoms with Crippen molar-refractivity contribution in [2.75, 3.05) is 0 Å². The number of thiophene rings is 1. The van der Waals surface area contributed by atoms with Gasteiger partial charge in [-0.3, -0.25) is 0 Å². The zero-order valence-electron chi connectivity index (χ0n) is 10.4. The minimum atomic E-state index is -0.859. The van der Waals surface area contributed by atoms with Gasteiger partial charge in [0.15, 0.2) is 0 Å². The Bertz CT molecular complexity index is 582. The molecule has 1 aromatic carbocycles. The maximum atomic E-state index is 11.0. The van der Waals surface area contributed by atoms with Crippen LogP contribution in [0.5, 0.6) is 0 Å². The largest absolute Gasteiger partial charge is 0.477 e. The molecule has 0 aliphatic rings. The molecule has 2 rings (SSSR count). The van der Waals surface area contributed by atoms with Crippen LogP contribution in [0.25, 0.3) is 0 Å². The molecule has 0 bridgehead atoms. The van der Waals surface area contributed by atoms with Crippen LogP contribution < -0.4 is 5.32 Å². The van der Waals surface area contributed by atoms with Crippen molar-refractivity contribution < 1.29 is 9.90 Å². The first kappa shape index (κ1) is 14.2. The maximum Gasteiger partial charge on any atom is 0.346 e. The van der Waals surface area contributed by atoms with Crippen molar-refractivity contribution in [2.24, 2.45) is 0 Å². The first-order valence-electron chi connectivity index (χ1n) is 5.86. The average Bonchev–Trinajstić information content (AvgIpc) is 2.84. The number of carboxylic acids is 1. The second-order valence-electron chi connectivity index (χ2n) is 4.24. The number of halogens is 1. The van der Waals surface area contributed by atoms with Crippen LogP contribution in [0.2, 0.25) is 0 Å². The molecule has 0 aliphatic carbocycles. The summed E-state index contributed by atoms with van der Waals surface area (Å²) in [5, 5.41) is 14.2. The van der Waals surface area contributed by atoms with E-state index in [0.29, 0.717) is 11.4 Å². The molecule has 1 heterocycles. The van der Waals surface area contributed by atoms with Crippen LogP contribution in [0.4, 0.5) is 0 Å². The van der Waals surface area contributed by atoms with Gasteiger partial charge in [0.2, 0.25) is 0 Å². The number of rotatable bonds is 5. The minimum absolute atomic E-state index is 0.166. The number of carbonyl (C=O) groups is 1. The molecule has 0 radical (unpaired) electrons. The molecule has 1 atom stereocenters. The number of aromatic carboxylic acids is 1. The smallest absolute Gasteiger partial charge is 0.346 e. The molecule has 0 spiro atoms. The summed E-state index contributed by atoms with van der Waals surface area (Å²) in [4.78, 5) is 11.4. The normalized spacial score (nSPS) is 12.3. The number of carboxylic acid groups (broad SMARTS) is 1. The van der Waals surface area contributed by atoms with E-state index in [1.54, 1.807) is 0 Å². The van der Waals surface area contributed by atoms with Crippen molar-refractivity contribution in [3.05, 3.63) is 56.2 Å². The van der Waals surface area contributed by atoms with Gasteiger partial charge in [0.25, 0.3) is 0 Å². The average molecular weight is 340 g/mol. The van der Waals surface area contributed by atoms with Crippen molar-refractivity contribution in [1.29, 1.82) is 0 Å². The van der Waals surface area contributed by atoms with Crippen molar-refractivity contribution in [3.63, 3.8) is 0 Å². The van der Waals surface area contributed by atoms with E-state index in [1.165, 1.54) is 16.9 Å². The standard InChI is InChI=1S/C14H14BrNO2S/c1-9(10-3-2-4-12(15)7-10)16-8-11-5-6-19-13(11)14(17)18/h2-7,9,16H,8H2,1H3,(H,17,18)/t9-/m1/s1. The molecular weight excluding hydrogens is 326 g/mol. The third-order valence-corrected chi connectivity index (χ3v) is 4.33. The Morgan fingerprint density at radius 2 is 2.26 bits per heavy atom. The fraction of sp³-hybridized carbons (Fsp3) is 0.214. The lowest BCUT2D eigenvalue weighted by Crippen LogP contribution is -2.18. The lowest BCUT2D eigenvalue weighted by molar-refractivity contribution is 0.0701. The van der Waals surface area contributed by atoms with Crippen LogP contribution in [0, 0.1) is 0 Å². The Balaban J connectivity index is 2.02. The van der Waals surface area contributed by atoms with Crippen molar-refractivity contribution in [2.45, 2.75) is 19.5 Å². The fourth-order valence-electron chi connectivity index (χ4n) is 1.82. The van der Waals surface area contributed by atoms with Crippen LogP contribution in [0.3, 0.4) is 0 Å². The first-order valence-corrected chi connectivity index (χ1v) is 7.53. The molecular formula is C14H14BrNO2S. The summed E-state index contributed by atoms with van der Waals surface area (Å²) in [7, 11) is 0. The zero-order valence-corrected chi connectivity index (χ0v) is 12.8. The molecule has 0 saturated carbocycles. The monoisotopic (exact) mass is 339 g/mol. The number of benzene rings is 1. The summed E-state index contributed by atoms with van der Waals surface area (Å²) in [6, 6.07) is 10.1. The summed E-state index contributed by atoms with van der Waals surface area (Å²) < 4.78 is 1.04. The number of hydrogen-bond donors (Lipinski definition) is 2. The van der Waals surface area contributed by atoms with E-state index < -0.39 is 5.97 Å².